The van der Waals surface area contributed by atoms with Gasteiger partial charge in [-0.3, -0.25) is 4.79 Å². The van der Waals surface area contributed by atoms with E-state index in [2.05, 4.69) is 5.32 Å². The van der Waals surface area contributed by atoms with E-state index >= 15 is 0 Å². The Balaban J connectivity index is 1.83. The lowest BCUT2D eigenvalue weighted by Gasteiger charge is -2.37. The lowest BCUT2D eigenvalue weighted by Crippen LogP contribution is -2.43. The number of benzene rings is 1. The lowest BCUT2D eigenvalue weighted by molar-refractivity contribution is 0.0752. The van der Waals surface area contributed by atoms with Crippen LogP contribution >= 0.6 is 0 Å². The maximum absolute atomic E-state index is 13.0. The first-order valence-corrected chi connectivity index (χ1v) is 8.46. The quantitative estimate of drug-likeness (QED) is 0.864. The van der Waals surface area contributed by atoms with Gasteiger partial charge in [0.2, 0.25) is 0 Å². The van der Waals surface area contributed by atoms with Crippen molar-refractivity contribution in [3.63, 3.8) is 0 Å². The Labute approximate surface area is 142 Å². The second-order valence-corrected chi connectivity index (χ2v) is 6.74. The third kappa shape index (κ3) is 2.96. The highest BCUT2D eigenvalue weighted by atomic mass is 16.5. The number of likely N-dealkylation sites (tertiary alicyclic amines) is 1. The van der Waals surface area contributed by atoms with Crippen LogP contribution < -0.4 is 14.8 Å². The molecule has 1 unspecified atom stereocenters. The van der Waals surface area contributed by atoms with Crippen molar-refractivity contribution in [1.29, 1.82) is 0 Å². The van der Waals surface area contributed by atoms with Gasteiger partial charge in [0.25, 0.3) is 5.91 Å². The number of methoxy groups -OCH3 is 2. The monoisotopic (exact) mass is 334 g/mol. The van der Waals surface area contributed by atoms with Crippen LogP contribution in [-0.4, -0.2) is 62.9 Å². The molecule has 2 saturated heterocycles. The molecule has 24 heavy (non-hydrogen) atoms. The van der Waals surface area contributed by atoms with Gasteiger partial charge < -0.3 is 24.8 Å². The molecule has 6 nitrogen and oxygen atoms in total. The Bertz CT molecular complexity index is 599. The molecule has 0 saturated carbocycles. The van der Waals surface area contributed by atoms with Gasteiger partial charge in [0.15, 0.2) is 0 Å². The van der Waals surface area contributed by atoms with Crippen molar-refractivity contribution >= 4 is 5.91 Å². The van der Waals surface area contributed by atoms with E-state index < -0.39 is 0 Å². The number of carbonyl (C=O) groups excluding carboxylic acids is 1. The molecule has 2 N–H and O–H groups in total. The summed E-state index contributed by atoms with van der Waals surface area (Å²) in [4.78, 5) is 14.9. The van der Waals surface area contributed by atoms with E-state index in [0.29, 0.717) is 30.2 Å². The number of nitrogens with one attached hydrogen (secondary N) is 1. The highest BCUT2D eigenvalue weighted by molar-refractivity contribution is 5.97. The Morgan fingerprint density at radius 3 is 2.71 bits per heavy atom. The Morgan fingerprint density at radius 1 is 1.33 bits per heavy atom. The second kappa shape index (κ2) is 6.99. The maximum atomic E-state index is 13.0. The Hall–Kier alpha value is -1.79. The fourth-order valence-corrected chi connectivity index (χ4v) is 4.08. The average molecular weight is 334 g/mol. The van der Waals surface area contributed by atoms with Gasteiger partial charge in [0.05, 0.1) is 19.8 Å². The van der Waals surface area contributed by atoms with Crippen molar-refractivity contribution in [3.05, 3.63) is 23.8 Å². The number of aliphatic hydroxyl groups is 1. The van der Waals surface area contributed by atoms with Gasteiger partial charge in [-0.2, -0.15) is 0 Å². The van der Waals surface area contributed by atoms with Crippen LogP contribution in [0.1, 0.15) is 23.2 Å². The van der Waals surface area contributed by atoms with Gasteiger partial charge in [-0.25, -0.2) is 0 Å². The van der Waals surface area contributed by atoms with Crippen molar-refractivity contribution in [2.75, 3.05) is 47.0 Å². The van der Waals surface area contributed by atoms with Crippen LogP contribution in [0.15, 0.2) is 18.2 Å². The van der Waals surface area contributed by atoms with Gasteiger partial charge in [0, 0.05) is 31.7 Å². The SMILES string of the molecule is COc1ccc(C(=O)N2CC(CO)C3(CCNCC3)C2)c(OC)c1. The lowest BCUT2D eigenvalue weighted by atomic mass is 9.71. The number of carbonyl (C=O) groups is 1. The van der Waals surface area contributed by atoms with E-state index in [-0.39, 0.29) is 23.8 Å². The summed E-state index contributed by atoms with van der Waals surface area (Å²) in [5.74, 6) is 1.29. The van der Waals surface area contributed by atoms with E-state index in [1.165, 1.54) is 0 Å². The Kier molecular flexibility index (Phi) is 4.96. The van der Waals surface area contributed by atoms with E-state index in [9.17, 15) is 9.90 Å². The van der Waals surface area contributed by atoms with Gasteiger partial charge in [0.1, 0.15) is 11.5 Å². The minimum atomic E-state index is -0.0386. The van der Waals surface area contributed by atoms with Crippen LogP contribution in [0.25, 0.3) is 0 Å². The molecule has 2 heterocycles. The highest BCUT2D eigenvalue weighted by Gasteiger charge is 2.48. The van der Waals surface area contributed by atoms with E-state index in [1.807, 2.05) is 4.90 Å². The summed E-state index contributed by atoms with van der Waals surface area (Å²) in [7, 11) is 3.14. The molecule has 1 atom stereocenters. The zero-order chi connectivity index (χ0) is 17.2. The van der Waals surface area contributed by atoms with Crippen LogP contribution in [0.5, 0.6) is 11.5 Å². The van der Waals surface area contributed by atoms with Crippen LogP contribution in [-0.2, 0) is 0 Å². The van der Waals surface area contributed by atoms with E-state index in [4.69, 9.17) is 9.47 Å². The molecule has 3 rings (SSSR count). The summed E-state index contributed by atoms with van der Waals surface area (Å²) in [6.45, 7) is 3.33. The minimum Gasteiger partial charge on any atom is -0.497 e. The third-order valence-electron chi connectivity index (χ3n) is 5.56. The number of nitrogens with zero attached hydrogens (tertiary/aromatic N) is 1. The Morgan fingerprint density at radius 2 is 2.08 bits per heavy atom. The standard InChI is InChI=1S/C18H26N2O4/c1-23-14-3-4-15(16(9-14)24-2)17(22)20-10-13(11-21)18(12-20)5-7-19-8-6-18/h3-4,9,13,19,21H,5-8,10-12H2,1-2H3. The number of rotatable bonds is 4. The molecular formula is C18H26N2O4. The normalized spacial score (nSPS) is 22.6. The zero-order valence-corrected chi connectivity index (χ0v) is 14.4. The average Bonchev–Trinajstić information content (AvgIpc) is 2.98. The van der Waals surface area contributed by atoms with Gasteiger partial charge in [-0.05, 0) is 43.5 Å². The summed E-state index contributed by atoms with van der Waals surface area (Å²) < 4.78 is 10.6. The highest BCUT2D eigenvalue weighted by Crippen LogP contribution is 2.43. The first-order valence-electron chi connectivity index (χ1n) is 8.46. The number of aliphatic hydroxyl groups excluding tert-OH is 1. The van der Waals surface area contributed by atoms with Crippen LogP contribution in [0.4, 0.5) is 0 Å². The van der Waals surface area contributed by atoms with Crippen molar-refractivity contribution in [3.8, 4) is 11.5 Å². The maximum Gasteiger partial charge on any atom is 0.257 e. The number of amides is 1. The molecule has 0 radical (unpaired) electrons. The molecule has 2 aliphatic heterocycles. The number of hydrogen-bond acceptors (Lipinski definition) is 5. The first-order chi connectivity index (χ1) is 11.6. The van der Waals surface area contributed by atoms with Crippen LogP contribution in [0.2, 0.25) is 0 Å². The fraction of sp³-hybridized carbons (Fsp3) is 0.611. The molecule has 0 bridgehead atoms. The molecule has 1 spiro atoms. The molecule has 1 aromatic carbocycles. The smallest absolute Gasteiger partial charge is 0.257 e. The molecule has 2 fully saturated rings. The summed E-state index contributed by atoms with van der Waals surface area (Å²) in [6, 6.07) is 5.25. The minimum absolute atomic E-state index is 0.0371. The zero-order valence-electron chi connectivity index (χ0n) is 14.4. The van der Waals surface area contributed by atoms with Crippen molar-refractivity contribution < 1.29 is 19.4 Å². The predicted octanol–water partition coefficient (Wildman–Crippen LogP) is 1.14. The number of piperidine rings is 1. The summed E-state index contributed by atoms with van der Waals surface area (Å²) >= 11 is 0. The molecule has 1 aromatic rings. The van der Waals surface area contributed by atoms with Crippen molar-refractivity contribution in [1.82, 2.24) is 10.2 Å². The topological polar surface area (TPSA) is 71.0 Å². The van der Waals surface area contributed by atoms with Gasteiger partial charge in [-0.15, -0.1) is 0 Å². The molecule has 2 aliphatic rings. The number of ether oxygens (including phenoxy) is 2. The van der Waals surface area contributed by atoms with Crippen LogP contribution in [0, 0.1) is 11.3 Å². The third-order valence-corrected chi connectivity index (χ3v) is 5.56. The van der Waals surface area contributed by atoms with Crippen molar-refractivity contribution in [2.24, 2.45) is 11.3 Å². The number of hydrogen-bond donors (Lipinski definition) is 2. The summed E-state index contributed by atoms with van der Waals surface area (Å²) in [5, 5.41) is 13.2. The summed E-state index contributed by atoms with van der Waals surface area (Å²) in [6.07, 6.45) is 2.00. The van der Waals surface area contributed by atoms with E-state index in [1.54, 1.807) is 32.4 Å². The van der Waals surface area contributed by atoms with Crippen molar-refractivity contribution in [2.45, 2.75) is 12.8 Å². The molecule has 6 heteroatoms. The molecule has 132 valence electrons. The molecule has 1 amide bonds. The summed E-state index contributed by atoms with van der Waals surface area (Å²) in [5.41, 5.74) is 0.580. The molecule has 0 aromatic heterocycles. The van der Waals surface area contributed by atoms with Crippen LogP contribution in [0.3, 0.4) is 0 Å². The second-order valence-electron chi connectivity index (χ2n) is 6.74. The van der Waals surface area contributed by atoms with Gasteiger partial charge in [-0.1, -0.05) is 0 Å². The molecular weight excluding hydrogens is 308 g/mol. The first kappa shape index (κ1) is 17.0. The van der Waals surface area contributed by atoms with E-state index in [0.717, 1.165) is 25.9 Å². The van der Waals surface area contributed by atoms with Gasteiger partial charge >= 0.3 is 0 Å². The fourth-order valence-electron chi connectivity index (χ4n) is 4.08. The predicted molar refractivity (Wildman–Crippen MR) is 90.6 cm³/mol. The largest absolute Gasteiger partial charge is 0.497 e. The molecule has 0 aliphatic carbocycles.